The summed E-state index contributed by atoms with van der Waals surface area (Å²) < 4.78 is 31.6. The van der Waals surface area contributed by atoms with Gasteiger partial charge in [-0.15, -0.1) is 0 Å². The van der Waals surface area contributed by atoms with Crippen molar-refractivity contribution in [2.45, 2.75) is 6.92 Å². The van der Waals surface area contributed by atoms with Crippen LogP contribution in [-0.4, -0.2) is 12.5 Å². The zero-order valence-corrected chi connectivity index (χ0v) is 11.3. The average molecular weight is 292 g/mol. The maximum atomic E-state index is 13.6. The first-order valence-corrected chi connectivity index (χ1v) is 6.19. The zero-order chi connectivity index (χ0) is 15.4. The van der Waals surface area contributed by atoms with Gasteiger partial charge in [0.2, 0.25) is 0 Å². The molecule has 2 rings (SSSR count). The van der Waals surface area contributed by atoms with Gasteiger partial charge in [0.25, 0.3) is 5.91 Å². The Morgan fingerprint density at radius 3 is 2.76 bits per heavy atom. The van der Waals surface area contributed by atoms with Crippen LogP contribution in [0.2, 0.25) is 0 Å². The highest BCUT2D eigenvalue weighted by Gasteiger charge is 2.09. The number of nitrogens with one attached hydrogen (secondary N) is 1. The molecule has 0 saturated heterocycles. The summed E-state index contributed by atoms with van der Waals surface area (Å²) in [7, 11) is 0. The summed E-state index contributed by atoms with van der Waals surface area (Å²) in [5.41, 5.74) is 6.81. The lowest BCUT2D eigenvalue weighted by Gasteiger charge is -2.10. The second kappa shape index (κ2) is 6.21. The van der Waals surface area contributed by atoms with Crippen molar-refractivity contribution >= 4 is 17.3 Å². The van der Waals surface area contributed by atoms with Gasteiger partial charge in [-0.1, -0.05) is 6.07 Å². The van der Waals surface area contributed by atoms with Gasteiger partial charge >= 0.3 is 0 Å². The lowest BCUT2D eigenvalue weighted by atomic mass is 10.2. The largest absolute Gasteiger partial charge is 0.481 e. The van der Waals surface area contributed by atoms with Gasteiger partial charge < -0.3 is 15.8 Å². The Bertz CT molecular complexity index is 675. The molecule has 0 radical (unpaired) electrons. The van der Waals surface area contributed by atoms with Crippen LogP contribution in [0.4, 0.5) is 20.2 Å². The summed E-state index contributed by atoms with van der Waals surface area (Å²) in [6, 6.07) is 7.99. The first-order valence-electron chi connectivity index (χ1n) is 6.19. The van der Waals surface area contributed by atoms with E-state index in [9.17, 15) is 13.6 Å². The van der Waals surface area contributed by atoms with Crippen LogP contribution in [0.3, 0.4) is 0 Å². The minimum atomic E-state index is -0.642. The molecule has 0 aromatic heterocycles. The predicted molar refractivity (Wildman–Crippen MR) is 76.1 cm³/mol. The molecule has 3 N–H and O–H groups in total. The number of carbonyl (C=O) groups is 1. The highest BCUT2D eigenvalue weighted by Crippen LogP contribution is 2.23. The second-order valence-electron chi connectivity index (χ2n) is 4.49. The minimum Gasteiger partial charge on any atom is -0.481 e. The molecule has 2 aromatic rings. The van der Waals surface area contributed by atoms with E-state index < -0.39 is 24.1 Å². The molecule has 21 heavy (non-hydrogen) atoms. The standard InChI is InChI=1S/C15H14F2N2O2/c1-9-5-14(12(17)7-13(9)18)21-8-15(20)19-11-4-2-3-10(16)6-11/h2-7H,8,18H2,1H3,(H,19,20). The van der Waals surface area contributed by atoms with Crippen LogP contribution < -0.4 is 15.8 Å². The fourth-order valence-electron chi connectivity index (χ4n) is 1.69. The number of rotatable bonds is 4. The number of halogens is 2. The SMILES string of the molecule is Cc1cc(OCC(=O)Nc2cccc(F)c2)c(F)cc1N. The first-order chi connectivity index (χ1) is 9.95. The molecule has 4 nitrogen and oxygen atoms in total. The summed E-state index contributed by atoms with van der Waals surface area (Å²) in [6.07, 6.45) is 0. The van der Waals surface area contributed by atoms with Crippen LogP contribution in [0.1, 0.15) is 5.56 Å². The van der Waals surface area contributed by atoms with Crippen LogP contribution in [0.15, 0.2) is 36.4 Å². The Labute approximate surface area is 120 Å². The number of amides is 1. The number of ether oxygens (including phenoxy) is 1. The molecular weight excluding hydrogens is 278 g/mol. The van der Waals surface area contributed by atoms with E-state index in [1.807, 2.05) is 0 Å². The van der Waals surface area contributed by atoms with Crippen molar-refractivity contribution in [2.75, 3.05) is 17.7 Å². The van der Waals surface area contributed by atoms with Gasteiger partial charge in [0.05, 0.1) is 0 Å². The van der Waals surface area contributed by atoms with E-state index in [-0.39, 0.29) is 5.75 Å². The molecule has 0 aliphatic carbocycles. The predicted octanol–water partition coefficient (Wildman–Crippen LogP) is 2.87. The van der Waals surface area contributed by atoms with E-state index in [4.69, 9.17) is 10.5 Å². The minimum absolute atomic E-state index is 0.0592. The summed E-state index contributed by atoms with van der Waals surface area (Å²) in [4.78, 5) is 11.7. The molecule has 0 aliphatic heterocycles. The van der Waals surface area contributed by atoms with Crippen molar-refractivity contribution in [3.8, 4) is 5.75 Å². The average Bonchev–Trinajstić information content (AvgIpc) is 2.41. The maximum absolute atomic E-state index is 13.6. The fourth-order valence-corrected chi connectivity index (χ4v) is 1.69. The Morgan fingerprint density at radius 2 is 2.05 bits per heavy atom. The van der Waals surface area contributed by atoms with E-state index >= 15 is 0 Å². The number of nitrogen functional groups attached to an aromatic ring is 1. The molecule has 0 saturated carbocycles. The molecule has 2 aromatic carbocycles. The molecule has 0 bridgehead atoms. The molecule has 0 spiro atoms. The number of nitrogens with two attached hydrogens (primary N) is 1. The smallest absolute Gasteiger partial charge is 0.262 e. The highest BCUT2D eigenvalue weighted by atomic mass is 19.1. The number of hydrogen-bond acceptors (Lipinski definition) is 3. The van der Waals surface area contributed by atoms with Crippen molar-refractivity contribution in [3.63, 3.8) is 0 Å². The Balaban J connectivity index is 1.97. The molecule has 0 fully saturated rings. The second-order valence-corrected chi connectivity index (χ2v) is 4.49. The fraction of sp³-hybridized carbons (Fsp3) is 0.133. The summed E-state index contributed by atoms with van der Waals surface area (Å²) in [6.45, 7) is 1.31. The third kappa shape index (κ3) is 3.92. The molecule has 0 heterocycles. The molecule has 1 amide bonds. The third-order valence-corrected chi connectivity index (χ3v) is 2.79. The van der Waals surface area contributed by atoms with E-state index in [1.54, 1.807) is 6.92 Å². The Hall–Kier alpha value is -2.63. The van der Waals surface area contributed by atoms with Crippen LogP contribution in [0.25, 0.3) is 0 Å². The summed E-state index contributed by atoms with van der Waals surface area (Å²) in [5, 5.41) is 2.45. The van der Waals surface area contributed by atoms with Gasteiger partial charge in [-0.05, 0) is 36.8 Å². The van der Waals surface area contributed by atoms with Gasteiger partial charge in [0, 0.05) is 17.4 Å². The van der Waals surface area contributed by atoms with E-state index in [1.165, 1.54) is 30.3 Å². The third-order valence-electron chi connectivity index (χ3n) is 2.79. The van der Waals surface area contributed by atoms with Gasteiger partial charge in [0.15, 0.2) is 18.2 Å². The van der Waals surface area contributed by atoms with Crippen LogP contribution >= 0.6 is 0 Å². The van der Waals surface area contributed by atoms with Crippen LogP contribution in [-0.2, 0) is 4.79 Å². The number of anilines is 2. The summed E-state index contributed by atoms with van der Waals surface area (Å²) in [5.74, 6) is -1.68. The van der Waals surface area contributed by atoms with Gasteiger partial charge in [-0.25, -0.2) is 8.78 Å². The van der Waals surface area contributed by atoms with Gasteiger partial charge in [0.1, 0.15) is 5.82 Å². The first kappa shape index (κ1) is 14.8. The normalized spacial score (nSPS) is 10.2. The van der Waals surface area contributed by atoms with Crippen LogP contribution in [0, 0.1) is 18.6 Å². The molecule has 0 unspecified atom stereocenters. The number of hydrogen-bond donors (Lipinski definition) is 2. The van der Waals surface area contributed by atoms with Crippen molar-refractivity contribution in [1.82, 2.24) is 0 Å². The van der Waals surface area contributed by atoms with E-state index in [0.717, 1.165) is 6.07 Å². The van der Waals surface area contributed by atoms with Crippen molar-refractivity contribution in [3.05, 3.63) is 53.6 Å². The van der Waals surface area contributed by atoms with Crippen molar-refractivity contribution < 1.29 is 18.3 Å². The van der Waals surface area contributed by atoms with Crippen LogP contribution in [0.5, 0.6) is 5.75 Å². The number of benzene rings is 2. The van der Waals surface area contributed by atoms with Gasteiger partial charge in [-0.3, -0.25) is 4.79 Å². The summed E-state index contributed by atoms with van der Waals surface area (Å²) >= 11 is 0. The molecule has 6 heteroatoms. The molecule has 0 atom stereocenters. The Kier molecular flexibility index (Phi) is 4.37. The van der Waals surface area contributed by atoms with E-state index in [2.05, 4.69) is 5.32 Å². The number of aryl methyl sites for hydroxylation is 1. The molecule has 0 aliphatic rings. The quantitative estimate of drug-likeness (QED) is 0.852. The van der Waals surface area contributed by atoms with Crippen molar-refractivity contribution in [2.24, 2.45) is 0 Å². The van der Waals surface area contributed by atoms with Crippen molar-refractivity contribution in [1.29, 1.82) is 0 Å². The van der Waals surface area contributed by atoms with E-state index in [0.29, 0.717) is 16.9 Å². The zero-order valence-electron chi connectivity index (χ0n) is 11.3. The van der Waals surface area contributed by atoms with Gasteiger partial charge in [-0.2, -0.15) is 0 Å². The topological polar surface area (TPSA) is 64.3 Å². The Morgan fingerprint density at radius 1 is 1.29 bits per heavy atom. The lowest BCUT2D eigenvalue weighted by Crippen LogP contribution is -2.20. The monoisotopic (exact) mass is 292 g/mol. The maximum Gasteiger partial charge on any atom is 0.262 e. The molecular formula is C15H14F2N2O2. The highest BCUT2D eigenvalue weighted by molar-refractivity contribution is 5.91. The number of carbonyl (C=O) groups excluding carboxylic acids is 1. The lowest BCUT2D eigenvalue weighted by molar-refractivity contribution is -0.118. The molecule has 110 valence electrons.